The predicted octanol–water partition coefficient (Wildman–Crippen LogP) is -0.374. The third-order valence-corrected chi connectivity index (χ3v) is 3.13. The summed E-state index contributed by atoms with van der Waals surface area (Å²) < 4.78 is 22.3. The van der Waals surface area contributed by atoms with Crippen LogP contribution in [0.3, 0.4) is 0 Å². The number of ether oxygens (including phenoxy) is 4. The zero-order chi connectivity index (χ0) is 10.2. The average molecular weight is 200 g/mol. The third-order valence-electron chi connectivity index (χ3n) is 3.13. The van der Waals surface area contributed by atoms with Gasteiger partial charge >= 0.3 is 0 Å². The van der Waals surface area contributed by atoms with E-state index in [0.29, 0.717) is 13.2 Å². The van der Waals surface area contributed by atoms with Gasteiger partial charge in [0, 0.05) is 14.2 Å². The number of methoxy groups -OCH3 is 2. The van der Waals surface area contributed by atoms with Crippen LogP contribution in [0.2, 0.25) is 6.82 Å². The van der Waals surface area contributed by atoms with Gasteiger partial charge in [0.25, 0.3) is 0 Å². The maximum atomic E-state index is 5.97. The Labute approximate surface area is 85.1 Å². The van der Waals surface area contributed by atoms with E-state index < -0.39 is 0 Å². The summed E-state index contributed by atoms with van der Waals surface area (Å²) in [6.07, 6.45) is 0.104. The van der Waals surface area contributed by atoms with E-state index in [-0.39, 0.29) is 23.8 Å². The Morgan fingerprint density at radius 3 is 2.86 bits per heavy atom. The minimum absolute atomic E-state index is 0.0207. The highest BCUT2D eigenvalue weighted by atomic mass is 16.7. The molecule has 0 radical (unpaired) electrons. The van der Waals surface area contributed by atoms with Crippen molar-refractivity contribution in [3.8, 4) is 0 Å². The average Bonchev–Trinajstić information content (AvgIpc) is 2.69. The molecule has 0 aliphatic carbocycles. The second-order valence-corrected chi connectivity index (χ2v) is 3.99. The molecule has 0 aromatic rings. The Balaban J connectivity index is 2.15. The number of fused-ring (bicyclic) bond motifs is 2. The first-order valence-electron chi connectivity index (χ1n) is 5.08. The van der Waals surface area contributed by atoms with Crippen molar-refractivity contribution in [2.45, 2.75) is 30.6 Å². The molecule has 2 saturated heterocycles. The van der Waals surface area contributed by atoms with Crippen molar-refractivity contribution in [1.82, 2.24) is 0 Å². The van der Waals surface area contributed by atoms with Crippen LogP contribution in [0.1, 0.15) is 0 Å². The number of hydrogen-bond donors (Lipinski definition) is 0. The van der Waals surface area contributed by atoms with Crippen LogP contribution in [0, 0.1) is 0 Å². The number of rotatable bonds is 4. The lowest BCUT2D eigenvalue weighted by Gasteiger charge is -2.30. The highest BCUT2D eigenvalue weighted by molar-refractivity contribution is 6.35. The van der Waals surface area contributed by atoms with Crippen LogP contribution in [0.15, 0.2) is 0 Å². The Morgan fingerprint density at radius 2 is 2.29 bits per heavy atom. The lowest BCUT2D eigenvalue weighted by atomic mass is 9.72. The van der Waals surface area contributed by atoms with Gasteiger partial charge in [-0.2, -0.15) is 0 Å². The second-order valence-electron chi connectivity index (χ2n) is 3.99. The van der Waals surface area contributed by atoms with Crippen molar-refractivity contribution in [2.75, 3.05) is 27.4 Å². The molecule has 2 aliphatic rings. The van der Waals surface area contributed by atoms with E-state index in [1.54, 1.807) is 14.2 Å². The maximum absolute atomic E-state index is 5.97. The topological polar surface area (TPSA) is 36.9 Å². The molecule has 2 bridgehead atoms. The second kappa shape index (κ2) is 3.81. The van der Waals surface area contributed by atoms with Gasteiger partial charge in [0.2, 0.25) is 0 Å². The molecular formula is C9H17BO4. The molecule has 80 valence electrons. The molecule has 2 rings (SSSR count). The van der Waals surface area contributed by atoms with Crippen molar-refractivity contribution in [3.05, 3.63) is 0 Å². The summed E-state index contributed by atoms with van der Waals surface area (Å²) in [6.45, 7) is 3.22. The zero-order valence-electron chi connectivity index (χ0n) is 8.99. The maximum Gasteiger partial charge on any atom is 0.158 e. The van der Waals surface area contributed by atoms with E-state index in [1.165, 1.54) is 0 Å². The molecule has 0 saturated carbocycles. The van der Waals surface area contributed by atoms with Crippen LogP contribution < -0.4 is 0 Å². The van der Waals surface area contributed by atoms with Gasteiger partial charge in [0.15, 0.2) is 7.28 Å². The molecule has 2 heterocycles. The molecule has 4 atom stereocenters. The van der Waals surface area contributed by atoms with Crippen LogP contribution in [0.25, 0.3) is 0 Å². The van der Waals surface area contributed by atoms with Gasteiger partial charge in [0.1, 0.15) is 17.8 Å². The van der Waals surface area contributed by atoms with Gasteiger partial charge in [-0.15, -0.1) is 0 Å². The molecule has 0 aromatic heterocycles. The lowest BCUT2D eigenvalue weighted by molar-refractivity contribution is -0.144. The van der Waals surface area contributed by atoms with E-state index in [4.69, 9.17) is 18.9 Å². The van der Waals surface area contributed by atoms with Gasteiger partial charge in [0.05, 0.1) is 19.2 Å². The molecule has 0 amide bonds. The molecule has 4 nitrogen and oxygen atoms in total. The standard InChI is InChI=1S/C9H17BO4/c1-10-8-6-7(12-3)9(14-8,4-11-2)5-13-6/h6-8,10H,4-5H2,1-3H3. The first kappa shape index (κ1) is 10.4. The summed E-state index contributed by atoms with van der Waals surface area (Å²) >= 11 is 0. The SMILES string of the molecule is CBC1OC2(COC)COC1C2OC. The molecule has 4 unspecified atom stereocenters. The molecule has 5 heteroatoms. The largest absolute Gasteiger partial charge is 0.381 e. The monoisotopic (exact) mass is 200 g/mol. The molecule has 0 spiro atoms. The Hall–Kier alpha value is -0.0951. The Morgan fingerprint density at radius 1 is 1.50 bits per heavy atom. The first-order chi connectivity index (χ1) is 6.77. The summed E-state index contributed by atoms with van der Waals surface area (Å²) in [7, 11) is 4.34. The third kappa shape index (κ3) is 1.31. The summed E-state index contributed by atoms with van der Waals surface area (Å²) in [5, 5.41) is 0. The highest BCUT2D eigenvalue weighted by Crippen LogP contribution is 2.41. The Kier molecular flexibility index (Phi) is 2.84. The fraction of sp³-hybridized carbons (Fsp3) is 1.00. The molecule has 0 aromatic carbocycles. The van der Waals surface area contributed by atoms with Crippen molar-refractivity contribution in [3.63, 3.8) is 0 Å². The molecule has 2 aliphatic heterocycles. The normalized spacial score (nSPS) is 45.8. The Bertz CT molecular complexity index is 213. The van der Waals surface area contributed by atoms with Crippen LogP contribution in [-0.2, 0) is 18.9 Å². The van der Waals surface area contributed by atoms with E-state index in [2.05, 4.69) is 6.82 Å². The predicted molar refractivity (Wildman–Crippen MR) is 53.0 cm³/mol. The lowest BCUT2D eigenvalue weighted by Crippen LogP contribution is -2.46. The summed E-state index contributed by atoms with van der Waals surface area (Å²) in [5.74, 6) is 0. The van der Waals surface area contributed by atoms with Crippen LogP contribution in [0.5, 0.6) is 0 Å². The zero-order valence-corrected chi connectivity index (χ0v) is 8.99. The van der Waals surface area contributed by atoms with Gasteiger partial charge in [-0.1, -0.05) is 6.82 Å². The van der Waals surface area contributed by atoms with Gasteiger partial charge < -0.3 is 18.9 Å². The van der Waals surface area contributed by atoms with Crippen LogP contribution in [-0.4, -0.2) is 58.5 Å². The van der Waals surface area contributed by atoms with Gasteiger partial charge in [-0.3, -0.25) is 0 Å². The minimum Gasteiger partial charge on any atom is -0.381 e. The molecule has 14 heavy (non-hydrogen) atoms. The molecule has 0 N–H and O–H groups in total. The van der Waals surface area contributed by atoms with Crippen molar-refractivity contribution in [1.29, 1.82) is 0 Å². The van der Waals surface area contributed by atoms with Crippen molar-refractivity contribution in [2.24, 2.45) is 0 Å². The highest BCUT2D eigenvalue weighted by Gasteiger charge is 2.61. The fourth-order valence-corrected chi connectivity index (χ4v) is 2.54. The van der Waals surface area contributed by atoms with Gasteiger partial charge in [-0.25, -0.2) is 0 Å². The molecule has 2 fully saturated rings. The summed E-state index contributed by atoms with van der Waals surface area (Å²) in [5.41, 5.74) is -0.366. The summed E-state index contributed by atoms with van der Waals surface area (Å²) in [6, 6.07) is 0.156. The van der Waals surface area contributed by atoms with E-state index in [0.717, 1.165) is 7.28 Å². The van der Waals surface area contributed by atoms with E-state index >= 15 is 0 Å². The number of hydrogen-bond acceptors (Lipinski definition) is 4. The summed E-state index contributed by atoms with van der Waals surface area (Å²) in [4.78, 5) is 0. The van der Waals surface area contributed by atoms with Crippen molar-refractivity contribution < 1.29 is 18.9 Å². The smallest absolute Gasteiger partial charge is 0.158 e. The van der Waals surface area contributed by atoms with E-state index in [1.807, 2.05) is 0 Å². The quantitative estimate of drug-likeness (QED) is 0.580. The molecular weight excluding hydrogens is 183 g/mol. The first-order valence-corrected chi connectivity index (χ1v) is 5.08. The van der Waals surface area contributed by atoms with Crippen LogP contribution in [0.4, 0.5) is 0 Å². The van der Waals surface area contributed by atoms with Crippen LogP contribution >= 0.6 is 0 Å². The van der Waals surface area contributed by atoms with Crippen molar-refractivity contribution >= 4 is 7.28 Å². The van der Waals surface area contributed by atoms with E-state index in [9.17, 15) is 0 Å². The van der Waals surface area contributed by atoms with Gasteiger partial charge in [-0.05, 0) is 0 Å². The fourth-order valence-electron chi connectivity index (χ4n) is 2.54. The minimum atomic E-state index is -0.366.